The first-order valence-corrected chi connectivity index (χ1v) is 7.59. The highest BCUT2D eigenvalue weighted by molar-refractivity contribution is 5.74. The number of nitrogens with zero attached hydrogens (tertiary/aromatic N) is 1. The van der Waals surface area contributed by atoms with Crippen molar-refractivity contribution in [3.63, 3.8) is 0 Å². The van der Waals surface area contributed by atoms with Crippen LogP contribution in [0.4, 0.5) is 4.79 Å². The number of amides is 2. The quantitative estimate of drug-likeness (QED) is 0.759. The van der Waals surface area contributed by atoms with Gasteiger partial charge in [0.05, 0.1) is 18.0 Å². The highest BCUT2D eigenvalue weighted by Crippen LogP contribution is 2.21. The van der Waals surface area contributed by atoms with Gasteiger partial charge >= 0.3 is 6.03 Å². The number of aliphatic hydroxyl groups excluding tert-OH is 1. The molecule has 0 aromatic carbocycles. The molecule has 2 rings (SSSR count). The molecule has 7 heteroatoms. The second kappa shape index (κ2) is 7.32. The number of furan rings is 1. The summed E-state index contributed by atoms with van der Waals surface area (Å²) in [5, 5.41) is 19.5. The molecule has 2 amide bonds. The Morgan fingerprint density at radius 1 is 1.35 bits per heavy atom. The summed E-state index contributed by atoms with van der Waals surface area (Å²) < 4.78 is 10.3. The lowest BCUT2D eigenvalue weighted by Crippen LogP contribution is -2.42. The summed E-state index contributed by atoms with van der Waals surface area (Å²) in [5.41, 5.74) is 1.64. The van der Waals surface area contributed by atoms with E-state index in [1.807, 2.05) is 27.7 Å². The first kappa shape index (κ1) is 17.1. The third-order valence-electron chi connectivity index (χ3n) is 3.70. The van der Waals surface area contributed by atoms with Gasteiger partial charge < -0.3 is 24.7 Å². The molecule has 3 atom stereocenters. The molecule has 2 aromatic rings. The van der Waals surface area contributed by atoms with E-state index in [4.69, 9.17) is 8.94 Å². The van der Waals surface area contributed by atoms with Crippen LogP contribution in [0.5, 0.6) is 0 Å². The maximum Gasteiger partial charge on any atom is 0.315 e. The van der Waals surface area contributed by atoms with Gasteiger partial charge in [-0.25, -0.2) is 4.79 Å². The van der Waals surface area contributed by atoms with Gasteiger partial charge in [0.15, 0.2) is 0 Å². The van der Waals surface area contributed by atoms with E-state index in [1.54, 1.807) is 12.1 Å². The smallest absolute Gasteiger partial charge is 0.315 e. The van der Waals surface area contributed by atoms with Crippen LogP contribution in [0.15, 0.2) is 27.3 Å². The van der Waals surface area contributed by atoms with Crippen LogP contribution in [0.3, 0.4) is 0 Å². The Balaban J connectivity index is 1.84. The Morgan fingerprint density at radius 3 is 2.65 bits per heavy atom. The molecule has 126 valence electrons. The number of nitrogens with one attached hydrogen (secondary N) is 2. The van der Waals surface area contributed by atoms with Crippen LogP contribution < -0.4 is 10.6 Å². The molecule has 23 heavy (non-hydrogen) atoms. The third kappa shape index (κ3) is 4.35. The summed E-state index contributed by atoms with van der Waals surface area (Å²) in [6.07, 6.45) is 1.12. The van der Waals surface area contributed by atoms with Gasteiger partial charge in [-0.1, -0.05) is 5.16 Å². The second-order valence-corrected chi connectivity index (χ2v) is 5.75. The summed E-state index contributed by atoms with van der Waals surface area (Å²) in [4.78, 5) is 12.1. The Morgan fingerprint density at radius 2 is 2.09 bits per heavy atom. The summed E-state index contributed by atoms with van der Waals surface area (Å²) in [6.45, 7) is 7.35. The predicted molar refractivity (Wildman–Crippen MR) is 83.8 cm³/mol. The van der Waals surface area contributed by atoms with Gasteiger partial charge in [0.25, 0.3) is 0 Å². The molecule has 0 aliphatic heterocycles. The number of carbonyl (C=O) groups is 1. The van der Waals surface area contributed by atoms with Crippen LogP contribution >= 0.6 is 0 Å². The van der Waals surface area contributed by atoms with E-state index in [0.717, 1.165) is 11.3 Å². The maximum absolute atomic E-state index is 12.1. The summed E-state index contributed by atoms with van der Waals surface area (Å²) in [7, 11) is 0. The number of aromatic nitrogens is 1. The molecule has 0 saturated carbocycles. The van der Waals surface area contributed by atoms with Crippen LogP contribution in [0.1, 0.15) is 55.2 Å². The molecule has 0 aliphatic carbocycles. The Labute approximate surface area is 135 Å². The molecular formula is C16H23N3O4. The summed E-state index contributed by atoms with van der Waals surface area (Å²) >= 11 is 0. The number of aryl methyl sites for hydroxylation is 2. The summed E-state index contributed by atoms with van der Waals surface area (Å²) in [5.74, 6) is 1.18. The van der Waals surface area contributed by atoms with Crippen LogP contribution in [0.25, 0.3) is 0 Å². The standard InChI is InChI=1S/C16H23N3O4/c1-9(8-13(20)14-6-5-7-22-14)17-16(21)18-10(2)15-11(3)19-23-12(15)4/h5-7,9-10,13,20H,8H2,1-4H3,(H2,17,18,21)/t9-,10+,13+/m1/s1. The zero-order valence-corrected chi connectivity index (χ0v) is 13.8. The van der Waals surface area contributed by atoms with Crippen molar-refractivity contribution >= 4 is 6.03 Å². The van der Waals surface area contributed by atoms with E-state index in [1.165, 1.54) is 6.26 Å². The number of hydrogen-bond acceptors (Lipinski definition) is 5. The van der Waals surface area contributed by atoms with Crippen molar-refractivity contribution in [1.29, 1.82) is 0 Å². The number of carbonyl (C=O) groups excluding carboxylic acids is 1. The molecule has 7 nitrogen and oxygen atoms in total. The van der Waals surface area contributed by atoms with Gasteiger partial charge in [-0.15, -0.1) is 0 Å². The van der Waals surface area contributed by atoms with Crippen LogP contribution in [0, 0.1) is 13.8 Å². The fourth-order valence-electron chi connectivity index (χ4n) is 2.63. The van der Waals surface area contributed by atoms with Crippen molar-refractivity contribution < 1.29 is 18.8 Å². The van der Waals surface area contributed by atoms with Gasteiger partial charge in [-0.3, -0.25) is 0 Å². The number of rotatable bonds is 6. The normalized spacial score (nSPS) is 15.0. The van der Waals surface area contributed by atoms with Crippen molar-refractivity contribution in [2.75, 3.05) is 0 Å². The highest BCUT2D eigenvalue weighted by Gasteiger charge is 2.20. The molecule has 2 heterocycles. The molecular weight excluding hydrogens is 298 g/mol. The minimum atomic E-state index is -0.750. The molecule has 3 N–H and O–H groups in total. The fourth-order valence-corrected chi connectivity index (χ4v) is 2.63. The van der Waals surface area contributed by atoms with E-state index in [9.17, 15) is 9.90 Å². The van der Waals surface area contributed by atoms with E-state index < -0.39 is 6.10 Å². The van der Waals surface area contributed by atoms with Crippen LogP contribution in [-0.4, -0.2) is 22.3 Å². The van der Waals surface area contributed by atoms with Crippen molar-refractivity contribution in [3.05, 3.63) is 41.2 Å². The second-order valence-electron chi connectivity index (χ2n) is 5.75. The molecule has 0 saturated heterocycles. The van der Waals surface area contributed by atoms with E-state index in [0.29, 0.717) is 17.9 Å². The zero-order chi connectivity index (χ0) is 17.0. The lowest BCUT2D eigenvalue weighted by molar-refractivity contribution is 0.129. The van der Waals surface area contributed by atoms with Crippen LogP contribution in [-0.2, 0) is 0 Å². The van der Waals surface area contributed by atoms with Gasteiger partial charge in [0.1, 0.15) is 17.6 Å². The van der Waals surface area contributed by atoms with Gasteiger partial charge in [0, 0.05) is 18.0 Å². The highest BCUT2D eigenvalue weighted by atomic mass is 16.5. The minimum Gasteiger partial charge on any atom is -0.467 e. The Hall–Kier alpha value is -2.28. The predicted octanol–water partition coefficient (Wildman–Crippen LogP) is 2.76. The lowest BCUT2D eigenvalue weighted by atomic mass is 10.1. The molecule has 0 spiro atoms. The van der Waals surface area contributed by atoms with Crippen molar-refractivity contribution in [3.8, 4) is 0 Å². The Kier molecular flexibility index (Phi) is 5.44. The van der Waals surface area contributed by atoms with Gasteiger partial charge in [0.2, 0.25) is 0 Å². The SMILES string of the molecule is Cc1noc(C)c1[C@H](C)NC(=O)N[C@H](C)C[C@H](O)c1ccco1. The van der Waals surface area contributed by atoms with E-state index in [2.05, 4.69) is 15.8 Å². The van der Waals surface area contributed by atoms with Gasteiger partial charge in [-0.05, 0) is 39.8 Å². The van der Waals surface area contributed by atoms with Crippen molar-refractivity contribution in [1.82, 2.24) is 15.8 Å². The Bertz CT molecular complexity index is 616. The number of hydrogen-bond donors (Lipinski definition) is 3. The van der Waals surface area contributed by atoms with E-state index >= 15 is 0 Å². The third-order valence-corrected chi connectivity index (χ3v) is 3.70. The molecule has 0 aliphatic rings. The average Bonchev–Trinajstić information content (AvgIpc) is 3.08. The molecule has 0 fully saturated rings. The maximum atomic E-state index is 12.1. The molecule has 0 unspecified atom stereocenters. The number of aliphatic hydroxyl groups is 1. The van der Waals surface area contributed by atoms with Crippen molar-refractivity contribution in [2.24, 2.45) is 0 Å². The largest absolute Gasteiger partial charge is 0.467 e. The lowest BCUT2D eigenvalue weighted by Gasteiger charge is -2.19. The number of urea groups is 1. The van der Waals surface area contributed by atoms with Crippen molar-refractivity contribution in [2.45, 2.75) is 52.3 Å². The topological polar surface area (TPSA) is 101 Å². The summed E-state index contributed by atoms with van der Waals surface area (Å²) in [6, 6.07) is 2.68. The molecule has 0 bridgehead atoms. The first-order chi connectivity index (χ1) is 10.9. The molecule has 0 radical (unpaired) electrons. The average molecular weight is 321 g/mol. The van der Waals surface area contributed by atoms with E-state index in [-0.39, 0.29) is 18.1 Å². The molecule has 2 aromatic heterocycles. The minimum absolute atomic E-state index is 0.216. The van der Waals surface area contributed by atoms with Gasteiger partial charge in [-0.2, -0.15) is 0 Å². The zero-order valence-electron chi connectivity index (χ0n) is 13.8. The monoisotopic (exact) mass is 321 g/mol. The van der Waals surface area contributed by atoms with Crippen LogP contribution in [0.2, 0.25) is 0 Å². The fraction of sp³-hybridized carbons (Fsp3) is 0.500. The first-order valence-electron chi connectivity index (χ1n) is 7.59.